The largest absolute Gasteiger partial charge is 0.481 e. The minimum absolute atomic E-state index is 0.332. The maximum atomic E-state index is 10.3. The van der Waals surface area contributed by atoms with Crippen molar-refractivity contribution in [1.29, 1.82) is 0 Å². The molecule has 0 bridgehead atoms. The van der Waals surface area contributed by atoms with Gasteiger partial charge in [0, 0.05) is 32.6 Å². The molecule has 1 rings (SSSR count). The average Bonchev–Trinajstić information content (AvgIpc) is 2.84. The predicted octanol–water partition coefficient (Wildman–Crippen LogP) is 5.41. The molecule has 0 aliphatic carbocycles. The lowest BCUT2D eigenvalue weighted by atomic mass is 10.1. The molecule has 0 aromatic carbocycles. The van der Waals surface area contributed by atoms with Crippen molar-refractivity contribution in [3.8, 4) is 0 Å². The van der Waals surface area contributed by atoms with Gasteiger partial charge in [-0.3, -0.25) is 4.79 Å². The number of carboxylic acids is 1. The van der Waals surface area contributed by atoms with E-state index >= 15 is 0 Å². The average molecular weight is 483 g/mol. The number of piperazine rings is 1. The van der Waals surface area contributed by atoms with Gasteiger partial charge < -0.3 is 26.4 Å². The summed E-state index contributed by atoms with van der Waals surface area (Å²) in [5.74, 6) is -0.664. The van der Waals surface area contributed by atoms with E-state index in [-0.39, 0.29) is 0 Å². The van der Waals surface area contributed by atoms with Gasteiger partial charge >= 0.3 is 5.97 Å². The first kappa shape index (κ1) is 33.0. The first-order chi connectivity index (χ1) is 16.6. The fraction of sp³-hybridized carbons (Fsp3) is 0.893. The molecule has 1 aliphatic heterocycles. The molecule has 6 heteroatoms. The summed E-state index contributed by atoms with van der Waals surface area (Å²) in [6.45, 7) is 11.0. The molecular weight excluding hydrogens is 424 g/mol. The standard InChI is InChI=1S/C18H34O2.C10H24N4/c1-2-3-4-5-6-7-8-9-10-11-12-13-14-15-16-17-18(19)20;11-3-1-5-13-7-9-14(10-8-13)6-2-4-12/h9-10H,2-8,11-17H2,1H3,(H,19,20);1-12H2/b10-9-;. The first-order valence-corrected chi connectivity index (χ1v) is 14.4. The van der Waals surface area contributed by atoms with Crippen LogP contribution in [0.15, 0.2) is 12.2 Å². The summed E-state index contributed by atoms with van der Waals surface area (Å²) in [5.41, 5.74) is 11.0. The van der Waals surface area contributed by atoms with E-state index in [1.54, 1.807) is 0 Å². The molecule has 6 nitrogen and oxygen atoms in total. The number of carbonyl (C=O) groups is 1. The highest BCUT2D eigenvalue weighted by atomic mass is 16.4. The quantitative estimate of drug-likeness (QED) is 0.149. The predicted molar refractivity (Wildman–Crippen MR) is 147 cm³/mol. The molecule has 0 atom stereocenters. The minimum Gasteiger partial charge on any atom is -0.481 e. The van der Waals surface area contributed by atoms with E-state index < -0.39 is 5.97 Å². The van der Waals surface area contributed by atoms with E-state index in [1.807, 2.05) is 0 Å². The van der Waals surface area contributed by atoms with Crippen LogP contribution in [0.4, 0.5) is 0 Å². The summed E-state index contributed by atoms with van der Waals surface area (Å²) in [4.78, 5) is 15.3. The summed E-state index contributed by atoms with van der Waals surface area (Å²) >= 11 is 0. The van der Waals surface area contributed by atoms with E-state index in [0.29, 0.717) is 6.42 Å². The van der Waals surface area contributed by atoms with Crippen LogP contribution < -0.4 is 11.5 Å². The van der Waals surface area contributed by atoms with Crippen LogP contribution in [0.1, 0.15) is 110 Å². The Bertz CT molecular complexity index is 436. The molecule has 1 saturated heterocycles. The Balaban J connectivity index is 0.000000679. The number of hydrogen-bond acceptors (Lipinski definition) is 5. The maximum Gasteiger partial charge on any atom is 0.303 e. The lowest BCUT2D eigenvalue weighted by Gasteiger charge is -2.34. The van der Waals surface area contributed by atoms with E-state index in [2.05, 4.69) is 28.9 Å². The van der Waals surface area contributed by atoms with Crippen LogP contribution in [0.5, 0.6) is 0 Å². The number of unbranched alkanes of at least 4 members (excludes halogenated alkanes) is 11. The van der Waals surface area contributed by atoms with Crippen LogP contribution in [-0.2, 0) is 4.79 Å². The molecule has 1 fully saturated rings. The van der Waals surface area contributed by atoms with Gasteiger partial charge in [0.15, 0.2) is 0 Å². The molecule has 0 aromatic rings. The van der Waals surface area contributed by atoms with E-state index in [0.717, 1.165) is 38.8 Å². The molecule has 0 aromatic heterocycles. The molecule has 1 aliphatic rings. The number of allylic oxidation sites excluding steroid dienone is 2. The third kappa shape index (κ3) is 24.2. The highest BCUT2D eigenvalue weighted by Gasteiger charge is 2.15. The summed E-state index contributed by atoms with van der Waals surface area (Å²) in [6.07, 6.45) is 23.5. The number of nitrogens with two attached hydrogens (primary N) is 2. The van der Waals surface area contributed by atoms with Crippen LogP contribution in [-0.4, -0.2) is 73.2 Å². The smallest absolute Gasteiger partial charge is 0.303 e. The van der Waals surface area contributed by atoms with Crippen LogP contribution in [0, 0.1) is 0 Å². The van der Waals surface area contributed by atoms with Gasteiger partial charge in [-0.2, -0.15) is 0 Å². The van der Waals surface area contributed by atoms with Crippen molar-refractivity contribution in [2.75, 3.05) is 52.4 Å². The van der Waals surface area contributed by atoms with Crippen LogP contribution >= 0.6 is 0 Å². The van der Waals surface area contributed by atoms with Crippen LogP contribution in [0.25, 0.3) is 0 Å². The Labute approximate surface area is 211 Å². The number of nitrogens with zero attached hydrogens (tertiary/aromatic N) is 2. The van der Waals surface area contributed by atoms with Crippen molar-refractivity contribution < 1.29 is 9.90 Å². The lowest BCUT2D eigenvalue weighted by Crippen LogP contribution is -2.47. The number of rotatable bonds is 21. The van der Waals surface area contributed by atoms with Gasteiger partial charge in [-0.25, -0.2) is 0 Å². The lowest BCUT2D eigenvalue weighted by molar-refractivity contribution is -0.137. The van der Waals surface area contributed by atoms with E-state index in [4.69, 9.17) is 16.6 Å². The van der Waals surface area contributed by atoms with Gasteiger partial charge in [0.05, 0.1) is 0 Å². The van der Waals surface area contributed by atoms with Crippen molar-refractivity contribution in [2.24, 2.45) is 11.5 Å². The molecule has 0 unspecified atom stereocenters. The maximum absolute atomic E-state index is 10.3. The second-order valence-electron chi connectivity index (χ2n) is 9.70. The van der Waals surface area contributed by atoms with Gasteiger partial charge in [-0.1, -0.05) is 70.4 Å². The fourth-order valence-electron chi connectivity index (χ4n) is 4.21. The Morgan fingerprint density at radius 2 is 1.09 bits per heavy atom. The summed E-state index contributed by atoms with van der Waals surface area (Å²) in [6, 6.07) is 0. The van der Waals surface area contributed by atoms with Gasteiger partial charge in [0.1, 0.15) is 0 Å². The van der Waals surface area contributed by atoms with Crippen molar-refractivity contribution in [1.82, 2.24) is 9.80 Å². The third-order valence-corrected chi connectivity index (χ3v) is 6.47. The van der Waals surface area contributed by atoms with Crippen molar-refractivity contribution in [3.63, 3.8) is 0 Å². The van der Waals surface area contributed by atoms with Gasteiger partial charge in [0.2, 0.25) is 0 Å². The highest BCUT2D eigenvalue weighted by Crippen LogP contribution is 2.10. The van der Waals surface area contributed by atoms with Crippen LogP contribution in [0.2, 0.25) is 0 Å². The SMILES string of the molecule is CCCCCCCC/C=C\CCCCCCCC(=O)O.NCCCN1CCN(CCCN)CC1. The number of carboxylic acid groups (broad SMARTS) is 1. The monoisotopic (exact) mass is 482 g/mol. The van der Waals surface area contributed by atoms with E-state index in [9.17, 15) is 4.79 Å². The zero-order chi connectivity index (χ0) is 25.1. The van der Waals surface area contributed by atoms with Crippen LogP contribution in [0.3, 0.4) is 0 Å². The molecular formula is C28H58N4O2. The second-order valence-corrected chi connectivity index (χ2v) is 9.70. The van der Waals surface area contributed by atoms with Gasteiger partial charge in [-0.15, -0.1) is 0 Å². The molecule has 5 N–H and O–H groups in total. The van der Waals surface area contributed by atoms with Crippen molar-refractivity contribution >= 4 is 5.97 Å². The second kappa shape index (κ2) is 26.7. The Kier molecular flexibility index (Phi) is 25.9. The zero-order valence-corrected chi connectivity index (χ0v) is 22.5. The number of hydrogen-bond donors (Lipinski definition) is 3. The highest BCUT2D eigenvalue weighted by molar-refractivity contribution is 5.66. The van der Waals surface area contributed by atoms with Gasteiger partial charge in [0.25, 0.3) is 0 Å². The number of aliphatic carboxylic acids is 1. The van der Waals surface area contributed by atoms with Gasteiger partial charge in [-0.05, 0) is 71.1 Å². The molecule has 0 radical (unpaired) electrons. The summed E-state index contributed by atoms with van der Waals surface area (Å²) in [5, 5.41) is 8.51. The molecule has 0 amide bonds. The minimum atomic E-state index is -0.664. The molecule has 34 heavy (non-hydrogen) atoms. The Morgan fingerprint density at radius 3 is 1.50 bits per heavy atom. The third-order valence-electron chi connectivity index (χ3n) is 6.47. The molecule has 0 saturated carbocycles. The Hall–Kier alpha value is -0.950. The molecule has 1 heterocycles. The topological polar surface area (TPSA) is 95.8 Å². The van der Waals surface area contributed by atoms with E-state index in [1.165, 1.54) is 110 Å². The fourth-order valence-corrected chi connectivity index (χ4v) is 4.21. The molecule has 202 valence electrons. The summed E-state index contributed by atoms with van der Waals surface area (Å²) < 4.78 is 0. The van der Waals surface area contributed by atoms with Crippen molar-refractivity contribution in [3.05, 3.63) is 12.2 Å². The Morgan fingerprint density at radius 1 is 0.676 bits per heavy atom. The summed E-state index contributed by atoms with van der Waals surface area (Å²) in [7, 11) is 0. The molecule has 0 spiro atoms. The van der Waals surface area contributed by atoms with Crippen molar-refractivity contribution in [2.45, 2.75) is 110 Å². The normalized spacial score (nSPS) is 14.9. The zero-order valence-electron chi connectivity index (χ0n) is 22.5. The first-order valence-electron chi connectivity index (χ1n) is 14.4.